The Hall–Kier alpha value is -1.35. The number of hydrogen-bond donors (Lipinski definition) is 0. The summed E-state index contributed by atoms with van der Waals surface area (Å²) < 4.78 is 38.7. The first kappa shape index (κ1) is 9.74. The summed E-state index contributed by atoms with van der Waals surface area (Å²) >= 11 is 0. The molecule has 2 nitrogen and oxygen atoms in total. The van der Waals surface area contributed by atoms with Gasteiger partial charge in [0.15, 0.2) is 17.3 Å². The second-order valence-electron chi connectivity index (χ2n) is 2.76. The number of isocyanates is 1. The molecule has 0 aromatic heterocycles. The first-order valence-corrected chi connectivity index (χ1v) is 3.50. The van der Waals surface area contributed by atoms with Crippen molar-refractivity contribution in [3.8, 4) is 0 Å². The van der Waals surface area contributed by atoms with E-state index in [1.54, 1.807) is 0 Å². The lowest BCUT2D eigenvalue weighted by Gasteiger charge is -2.25. The summed E-state index contributed by atoms with van der Waals surface area (Å²) in [5.74, 6) is -2.82. The zero-order chi connectivity index (χ0) is 10.1. The Morgan fingerprint density at radius 1 is 1.62 bits per heavy atom. The van der Waals surface area contributed by atoms with Gasteiger partial charge in [0.1, 0.15) is 6.04 Å². The fraction of sp³-hybridized carbons (Fsp3) is 0.375. The van der Waals surface area contributed by atoms with E-state index in [-0.39, 0.29) is 0 Å². The van der Waals surface area contributed by atoms with E-state index in [2.05, 4.69) is 4.99 Å². The Labute approximate surface area is 72.5 Å². The van der Waals surface area contributed by atoms with E-state index in [9.17, 15) is 18.0 Å². The van der Waals surface area contributed by atoms with Crippen molar-refractivity contribution in [3.63, 3.8) is 0 Å². The van der Waals surface area contributed by atoms with Gasteiger partial charge in [-0.2, -0.15) is 4.99 Å². The number of nitrogens with zero attached hydrogens (tertiary/aromatic N) is 1. The van der Waals surface area contributed by atoms with Gasteiger partial charge >= 0.3 is 0 Å². The van der Waals surface area contributed by atoms with Crippen molar-refractivity contribution in [2.45, 2.75) is 18.6 Å². The van der Waals surface area contributed by atoms with Crippen LogP contribution in [0.3, 0.4) is 0 Å². The zero-order valence-electron chi connectivity index (χ0n) is 6.72. The molecular formula is C8H6F3NO. The maximum atomic E-state index is 13.4. The molecule has 0 spiro atoms. The van der Waals surface area contributed by atoms with Crippen LogP contribution in [0.25, 0.3) is 0 Å². The minimum atomic E-state index is -2.60. The Morgan fingerprint density at radius 2 is 2.23 bits per heavy atom. The SMILES string of the molecule is CC1(F)C(F)=C(F)C=CC1N=C=O. The maximum absolute atomic E-state index is 13.4. The third-order valence-corrected chi connectivity index (χ3v) is 1.81. The Morgan fingerprint density at radius 3 is 2.77 bits per heavy atom. The van der Waals surface area contributed by atoms with E-state index in [0.717, 1.165) is 25.2 Å². The fourth-order valence-corrected chi connectivity index (χ4v) is 1.01. The van der Waals surface area contributed by atoms with Crippen LogP contribution in [-0.4, -0.2) is 17.8 Å². The monoisotopic (exact) mass is 189 g/mol. The summed E-state index contributed by atoms with van der Waals surface area (Å²) in [6, 6.07) is -1.34. The average molecular weight is 189 g/mol. The standard InChI is InChI=1S/C8H6F3NO/c1-8(11)6(12-4-13)3-2-5(9)7(8)10/h2-3,6H,1H3. The molecule has 0 saturated carbocycles. The van der Waals surface area contributed by atoms with Crippen LogP contribution in [0.2, 0.25) is 0 Å². The van der Waals surface area contributed by atoms with Crippen molar-refractivity contribution >= 4 is 6.08 Å². The molecule has 5 heteroatoms. The third kappa shape index (κ3) is 1.55. The number of carbonyl (C=O) groups excluding carboxylic acids is 1. The van der Waals surface area contributed by atoms with Crippen molar-refractivity contribution in [3.05, 3.63) is 23.8 Å². The van der Waals surface area contributed by atoms with Crippen LogP contribution in [0.5, 0.6) is 0 Å². The van der Waals surface area contributed by atoms with Gasteiger partial charge in [-0.25, -0.2) is 18.0 Å². The Balaban J connectivity index is 3.12. The number of alkyl halides is 1. The summed E-state index contributed by atoms with van der Waals surface area (Å²) in [5, 5.41) is 0. The molecule has 1 aliphatic rings. The average Bonchev–Trinajstić information content (AvgIpc) is 2.07. The van der Waals surface area contributed by atoms with Crippen LogP contribution in [0.4, 0.5) is 13.2 Å². The van der Waals surface area contributed by atoms with Crippen molar-refractivity contribution in [2.75, 3.05) is 0 Å². The van der Waals surface area contributed by atoms with Gasteiger partial charge in [-0.1, -0.05) is 6.08 Å². The first-order chi connectivity index (χ1) is 6.00. The van der Waals surface area contributed by atoms with Gasteiger partial charge in [0.25, 0.3) is 0 Å². The molecule has 0 heterocycles. The third-order valence-electron chi connectivity index (χ3n) is 1.81. The minimum Gasteiger partial charge on any atom is -0.234 e. The minimum absolute atomic E-state index is 0.738. The molecule has 13 heavy (non-hydrogen) atoms. The lowest BCUT2D eigenvalue weighted by molar-refractivity contribution is 0.170. The van der Waals surface area contributed by atoms with Crippen LogP contribution in [-0.2, 0) is 4.79 Å². The molecule has 2 unspecified atom stereocenters. The molecule has 0 bridgehead atoms. The second-order valence-corrected chi connectivity index (χ2v) is 2.76. The molecule has 0 radical (unpaired) electrons. The molecule has 0 amide bonds. The predicted molar refractivity (Wildman–Crippen MR) is 39.8 cm³/mol. The highest BCUT2D eigenvalue weighted by molar-refractivity contribution is 5.39. The van der Waals surface area contributed by atoms with Gasteiger partial charge < -0.3 is 0 Å². The van der Waals surface area contributed by atoms with Gasteiger partial charge in [-0.05, 0) is 13.0 Å². The van der Waals surface area contributed by atoms with E-state index >= 15 is 0 Å². The van der Waals surface area contributed by atoms with E-state index in [4.69, 9.17) is 0 Å². The molecule has 0 aromatic carbocycles. The zero-order valence-corrected chi connectivity index (χ0v) is 6.72. The molecule has 0 fully saturated rings. The number of allylic oxidation sites excluding steroid dienone is 2. The van der Waals surface area contributed by atoms with Crippen LogP contribution in [0, 0.1) is 0 Å². The van der Waals surface area contributed by atoms with Crippen molar-refractivity contribution in [1.29, 1.82) is 0 Å². The molecule has 0 N–H and O–H groups in total. The number of aliphatic imine (C=N–C) groups is 1. The van der Waals surface area contributed by atoms with Crippen molar-refractivity contribution in [1.82, 2.24) is 0 Å². The van der Waals surface area contributed by atoms with Gasteiger partial charge in [0, 0.05) is 0 Å². The van der Waals surface area contributed by atoms with Crippen LogP contribution in [0.15, 0.2) is 28.8 Å². The van der Waals surface area contributed by atoms with E-state index in [1.165, 1.54) is 0 Å². The second kappa shape index (κ2) is 3.18. The normalized spacial score (nSPS) is 33.1. The molecular weight excluding hydrogens is 183 g/mol. The van der Waals surface area contributed by atoms with Crippen LogP contribution < -0.4 is 0 Å². The highest BCUT2D eigenvalue weighted by Gasteiger charge is 2.42. The summed E-state index contributed by atoms with van der Waals surface area (Å²) in [4.78, 5) is 12.8. The lowest BCUT2D eigenvalue weighted by atomic mass is 9.92. The van der Waals surface area contributed by atoms with Crippen LogP contribution >= 0.6 is 0 Å². The maximum Gasteiger partial charge on any atom is 0.235 e. The molecule has 70 valence electrons. The highest BCUT2D eigenvalue weighted by Crippen LogP contribution is 2.35. The van der Waals surface area contributed by atoms with Crippen LogP contribution in [0.1, 0.15) is 6.92 Å². The van der Waals surface area contributed by atoms with E-state index < -0.39 is 23.4 Å². The van der Waals surface area contributed by atoms with Gasteiger partial charge in [0.2, 0.25) is 6.08 Å². The van der Waals surface area contributed by atoms with Gasteiger partial charge in [-0.15, -0.1) is 0 Å². The van der Waals surface area contributed by atoms with E-state index in [0.29, 0.717) is 0 Å². The highest BCUT2D eigenvalue weighted by atomic mass is 19.2. The van der Waals surface area contributed by atoms with Gasteiger partial charge in [0.05, 0.1) is 0 Å². The van der Waals surface area contributed by atoms with Crippen molar-refractivity contribution < 1.29 is 18.0 Å². The fourth-order valence-electron chi connectivity index (χ4n) is 1.01. The summed E-state index contributed by atoms with van der Waals surface area (Å²) in [7, 11) is 0. The van der Waals surface area contributed by atoms with E-state index in [1.807, 2.05) is 0 Å². The van der Waals surface area contributed by atoms with Gasteiger partial charge in [-0.3, -0.25) is 0 Å². The predicted octanol–water partition coefficient (Wildman–Crippen LogP) is 2.14. The topological polar surface area (TPSA) is 29.4 Å². The smallest absolute Gasteiger partial charge is 0.234 e. The Bertz CT molecular complexity index is 326. The largest absolute Gasteiger partial charge is 0.235 e. The number of halogens is 3. The molecule has 2 atom stereocenters. The molecule has 1 rings (SSSR count). The molecule has 0 saturated heterocycles. The molecule has 1 aliphatic carbocycles. The van der Waals surface area contributed by atoms with Crippen molar-refractivity contribution in [2.24, 2.45) is 4.99 Å². The Kier molecular flexibility index (Phi) is 2.38. The number of rotatable bonds is 1. The molecule has 0 aromatic rings. The quantitative estimate of drug-likeness (QED) is 0.459. The summed E-state index contributed by atoms with van der Waals surface area (Å²) in [6.07, 6.45) is 2.81. The molecule has 0 aliphatic heterocycles. The summed E-state index contributed by atoms with van der Waals surface area (Å²) in [6.45, 7) is 0.816. The summed E-state index contributed by atoms with van der Waals surface area (Å²) in [5.41, 5.74) is -2.60. The number of hydrogen-bond acceptors (Lipinski definition) is 2. The lowest BCUT2D eigenvalue weighted by Crippen LogP contribution is -2.35. The first-order valence-electron chi connectivity index (χ1n) is 3.50.